The van der Waals surface area contributed by atoms with Crippen molar-refractivity contribution in [2.45, 2.75) is 44.5 Å². The summed E-state index contributed by atoms with van der Waals surface area (Å²) >= 11 is 0. The molecule has 0 spiro atoms. The fraction of sp³-hybridized carbons (Fsp3) is 0.286. The summed E-state index contributed by atoms with van der Waals surface area (Å²) in [5.41, 5.74) is -0.316. The third-order valence-corrected chi connectivity index (χ3v) is 6.49. The van der Waals surface area contributed by atoms with Crippen LogP contribution in [0.4, 0.5) is 13.2 Å². The minimum Gasteiger partial charge on any atom is -0.484 e. The largest absolute Gasteiger partial charge is 0.484 e. The van der Waals surface area contributed by atoms with Crippen molar-refractivity contribution in [2.75, 3.05) is 6.61 Å². The van der Waals surface area contributed by atoms with Crippen molar-refractivity contribution in [1.29, 1.82) is 0 Å². The number of benzene rings is 3. The van der Waals surface area contributed by atoms with E-state index < -0.39 is 30.8 Å². The van der Waals surface area contributed by atoms with Crippen molar-refractivity contribution in [1.82, 2.24) is 5.01 Å². The van der Waals surface area contributed by atoms with Crippen LogP contribution in [0.25, 0.3) is 0 Å². The topological polar surface area (TPSA) is 62.1 Å². The monoisotopic (exact) mass is 496 g/mol. The molecule has 1 aliphatic heterocycles. The predicted molar refractivity (Wildman–Crippen MR) is 131 cm³/mol. The average molecular weight is 497 g/mol. The fourth-order valence-corrected chi connectivity index (χ4v) is 4.13. The van der Waals surface area contributed by atoms with E-state index >= 15 is 0 Å². The standard InChI is InChI=1S/C28H27F3N2O3/c1-19-9-11-20(12-10-19)24-17-27(35,28(29,30)31)33(32-24)25(34)18-36-23-15-13-22(14-16-23)26(2,3)21-7-5-4-6-8-21/h4-16,35H,17-18H2,1-3H3/t27-/m1/s1. The molecule has 1 aliphatic rings. The Morgan fingerprint density at radius 1 is 0.972 bits per heavy atom. The van der Waals surface area contributed by atoms with E-state index in [0.29, 0.717) is 11.3 Å². The summed E-state index contributed by atoms with van der Waals surface area (Å²) in [5.74, 6) is -0.793. The second-order valence-corrected chi connectivity index (χ2v) is 9.41. The summed E-state index contributed by atoms with van der Waals surface area (Å²) in [7, 11) is 0. The first kappa shape index (κ1) is 25.4. The van der Waals surface area contributed by atoms with Gasteiger partial charge < -0.3 is 9.84 Å². The van der Waals surface area contributed by atoms with E-state index in [9.17, 15) is 23.1 Å². The Bertz CT molecular complexity index is 1250. The zero-order valence-corrected chi connectivity index (χ0v) is 20.2. The highest BCUT2D eigenvalue weighted by Crippen LogP contribution is 2.41. The van der Waals surface area contributed by atoms with Crippen LogP contribution < -0.4 is 4.74 Å². The molecule has 1 N–H and O–H groups in total. The van der Waals surface area contributed by atoms with E-state index in [4.69, 9.17) is 4.74 Å². The van der Waals surface area contributed by atoms with Crippen LogP contribution in [0.3, 0.4) is 0 Å². The van der Waals surface area contributed by atoms with Gasteiger partial charge in [-0.15, -0.1) is 0 Å². The number of ether oxygens (including phenoxy) is 1. The molecule has 0 radical (unpaired) electrons. The number of amides is 1. The Hall–Kier alpha value is -3.65. The third-order valence-electron chi connectivity index (χ3n) is 6.49. The molecule has 0 saturated carbocycles. The van der Waals surface area contributed by atoms with Crippen LogP contribution in [0.1, 0.15) is 42.5 Å². The molecular formula is C28H27F3N2O3. The zero-order valence-electron chi connectivity index (χ0n) is 20.2. The maximum Gasteiger partial charge on any atom is 0.438 e. The van der Waals surface area contributed by atoms with E-state index in [-0.39, 0.29) is 16.1 Å². The van der Waals surface area contributed by atoms with Gasteiger partial charge in [-0.05, 0) is 35.7 Å². The molecule has 0 unspecified atom stereocenters. The van der Waals surface area contributed by atoms with Gasteiger partial charge in [-0.2, -0.15) is 23.3 Å². The van der Waals surface area contributed by atoms with Crippen LogP contribution >= 0.6 is 0 Å². The Labute approximate surface area is 207 Å². The van der Waals surface area contributed by atoms with E-state index in [1.54, 1.807) is 36.4 Å². The van der Waals surface area contributed by atoms with E-state index in [1.165, 1.54) is 0 Å². The molecule has 36 heavy (non-hydrogen) atoms. The molecule has 1 heterocycles. The van der Waals surface area contributed by atoms with Crippen molar-refractivity contribution < 1.29 is 27.8 Å². The van der Waals surface area contributed by atoms with Crippen LogP contribution in [0, 0.1) is 6.92 Å². The number of halogens is 3. The lowest BCUT2D eigenvalue weighted by molar-refractivity contribution is -0.302. The van der Waals surface area contributed by atoms with Gasteiger partial charge >= 0.3 is 6.18 Å². The van der Waals surface area contributed by atoms with Gasteiger partial charge in [-0.1, -0.05) is 86.1 Å². The Kier molecular flexibility index (Phi) is 6.66. The van der Waals surface area contributed by atoms with E-state index in [0.717, 1.165) is 16.7 Å². The molecule has 3 aromatic rings. The van der Waals surface area contributed by atoms with E-state index in [2.05, 4.69) is 18.9 Å². The smallest absolute Gasteiger partial charge is 0.438 e. The minimum absolute atomic E-state index is 0.0318. The van der Waals surface area contributed by atoms with Gasteiger partial charge in [-0.25, -0.2) is 0 Å². The van der Waals surface area contributed by atoms with Crippen LogP contribution in [0.2, 0.25) is 0 Å². The molecule has 0 bridgehead atoms. The number of aliphatic hydroxyl groups is 1. The van der Waals surface area contributed by atoms with Crippen LogP contribution in [0.15, 0.2) is 84.0 Å². The van der Waals surface area contributed by atoms with Gasteiger partial charge in [0.2, 0.25) is 0 Å². The molecule has 4 rings (SSSR count). The Morgan fingerprint density at radius 3 is 2.14 bits per heavy atom. The number of hydrazone groups is 1. The molecule has 0 aromatic heterocycles. The minimum atomic E-state index is -5.11. The number of aryl methyl sites for hydroxylation is 1. The zero-order chi connectivity index (χ0) is 26.1. The molecule has 188 valence electrons. The third kappa shape index (κ3) is 4.86. The molecule has 1 atom stereocenters. The van der Waals surface area contributed by atoms with Gasteiger partial charge in [0.25, 0.3) is 11.6 Å². The highest BCUT2D eigenvalue weighted by atomic mass is 19.4. The average Bonchev–Trinajstić information content (AvgIpc) is 3.23. The lowest BCUT2D eigenvalue weighted by atomic mass is 9.78. The molecule has 0 fully saturated rings. The lowest BCUT2D eigenvalue weighted by Crippen LogP contribution is -2.57. The van der Waals surface area contributed by atoms with Crippen LogP contribution in [-0.4, -0.2) is 40.2 Å². The number of nitrogens with zero attached hydrogens (tertiary/aromatic N) is 2. The molecule has 8 heteroatoms. The molecule has 0 aliphatic carbocycles. The first-order valence-corrected chi connectivity index (χ1v) is 11.5. The maximum absolute atomic E-state index is 13.8. The van der Waals surface area contributed by atoms with Gasteiger partial charge in [0.1, 0.15) is 5.75 Å². The van der Waals surface area contributed by atoms with Gasteiger partial charge in [-0.3, -0.25) is 4.79 Å². The normalized spacial score (nSPS) is 18.2. The van der Waals surface area contributed by atoms with Gasteiger partial charge in [0.15, 0.2) is 6.61 Å². The van der Waals surface area contributed by atoms with Crippen molar-refractivity contribution in [3.05, 3.63) is 101 Å². The van der Waals surface area contributed by atoms with Crippen molar-refractivity contribution in [2.24, 2.45) is 5.10 Å². The number of carbonyl (C=O) groups excluding carboxylic acids is 1. The molecule has 0 saturated heterocycles. The number of alkyl halides is 3. The maximum atomic E-state index is 13.8. The summed E-state index contributed by atoms with van der Waals surface area (Å²) in [6.45, 7) is 5.28. The highest BCUT2D eigenvalue weighted by Gasteiger charge is 2.63. The quantitative estimate of drug-likeness (QED) is 0.484. The number of hydrogen-bond acceptors (Lipinski definition) is 4. The van der Waals surface area contributed by atoms with Crippen LogP contribution in [-0.2, 0) is 10.2 Å². The van der Waals surface area contributed by atoms with Gasteiger partial charge in [0.05, 0.1) is 12.1 Å². The summed E-state index contributed by atoms with van der Waals surface area (Å²) in [4.78, 5) is 12.8. The molecular weight excluding hydrogens is 469 g/mol. The summed E-state index contributed by atoms with van der Waals surface area (Å²) in [6.07, 6.45) is -5.97. The molecule has 1 amide bonds. The van der Waals surface area contributed by atoms with Crippen molar-refractivity contribution in [3.8, 4) is 5.75 Å². The summed E-state index contributed by atoms with van der Waals surface area (Å²) < 4.78 is 46.9. The Balaban J connectivity index is 1.50. The number of rotatable bonds is 6. The summed E-state index contributed by atoms with van der Waals surface area (Å²) in [6, 6.07) is 23.6. The lowest BCUT2D eigenvalue weighted by Gasteiger charge is -2.32. The van der Waals surface area contributed by atoms with Crippen LogP contribution in [0.5, 0.6) is 5.75 Å². The molecule has 5 nitrogen and oxygen atoms in total. The fourth-order valence-electron chi connectivity index (χ4n) is 4.13. The first-order valence-electron chi connectivity index (χ1n) is 11.5. The SMILES string of the molecule is Cc1ccc(C2=NN(C(=O)COc3ccc(C(C)(C)c4ccccc4)cc3)[C@](O)(C(F)(F)F)C2)cc1. The van der Waals surface area contributed by atoms with Crippen molar-refractivity contribution in [3.63, 3.8) is 0 Å². The Morgan fingerprint density at radius 2 is 1.56 bits per heavy atom. The number of hydrogen-bond donors (Lipinski definition) is 1. The molecule has 3 aromatic carbocycles. The van der Waals surface area contributed by atoms with Crippen molar-refractivity contribution >= 4 is 11.6 Å². The summed E-state index contributed by atoms with van der Waals surface area (Å²) in [5, 5.41) is 14.4. The highest BCUT2D eigenvalue weighted by molar-refractivity contribution is 6.03. The van der Waals surface area contributed by atoms with E-state index in [1.807, 2.05) is 49.4 Å². The second kappa shape index (κ2) is 9.43. The predicted octanol–water partition coefficient (Wildman–Crippen LogP) is 5.59. The van der Waals surface area contributed by atoms with Gasteiger partial charge in [0, 0.05) is 5.41 Å². The second-order valence-electron chi connectivity index (χ2n) is 9.41. The number of carbonyl (C=O) groups is 1. The first-order chi connectivity index (χ1) is 16.9.